The van der Waals surface area contributed by atoms with Gasteiger partial charge in [-0.15, -0.1) is 0 Å². The van der Waals surface area contributed by atoms with Crippen LogP contribution in [0.3, 0.4) is 0 Å². The second-order valence-electron chi connectivity index (χ2n) is 5.26. The predicted octanol–water partition coefficient (Wildman–Crippen LogP) is 4.04. The first-order valence-electron chi connectivity index (χ1n) is 7.46. The Morgan fingerprint density at radius 3 is 2.52 bits per heavy atom. The zero-order valence-electron chi connectivity index (χ0n) is 13.7. The maximum Gasteiger partial charge on any atom is 0.342 e. The number of hydrogen-bond donors (Lipinski definition) is 1. The van der Waals surface area contributed by atoms with Crippen molar-refractivity contribution in [3.63, 3.8) is 0 Å². The van der Waals surface area contributed by atoms with E-state index in [4.69, 9.17) is 32.7 Å². The van der Waals surface area contributed by atoms with Gasteiger partial charge in [0.2, 0.25) is 0 Å². The van der Waals surface area contributed by atoms with Gasteiger partial charge in [0.25, 0.3) is 5.91 Å². The van der Waals surface area contributed by atoms with Crippen LogP contribution < -0.4 is 10.1 Å². The van der Waals surface area contributed by atoms with Gasteiger partial charge >= 0.3 is 5.97 Å². The summed E-state index contributed by atoms with van der Waals surface area (Å²) < 4.78 is 10.1. The molecule has 2 rings (SSSR count). The summed E-state index contributed by atoms with van der Waals surface area (Å²) in [5.74, 6) is -0.797. The highest BCUT2D eigenvalue weighted by atomic mass is 35.5. The minimum absolute atomic E-state index is 0.158. The zero-order valence-corrected chi connectivity index (χ0v) is 15.2. The third kappa shape index (κ3) is 5.37. The highest BCUT2D eigenvalue weighted by Crippen LogP contribution is 2.23. The van der Waals surface area contributed by atoms with E-state index >= 15 is 0 Å². The van der Waals surface area contributed by atoms with Gasteiger partial charge in [-0.05, 0) is 42.8 Å². The SMILES string of the molecule is COc1ccc(Cl)cc1C(=O)OCC(=O)N[C@@H](C)c1cccc(Cl)c1. The minimum atomic E-state index is -0.690. The van der Waals surface area contributed by atoms with Gasteiger partial charge in [0, 0.05) is 10.0 Å². The first-order chi connectivity index (χ1) is 11.9. The molecule has 0 saturated heterocycles. The van der Waals surface area contributed by atoms with Crippen molar-refractivity contribution in [1.82, 2.24) is 5.32 Å². The summed E-state index contributed by atoms with van der Waals surface area (Å²) >= 11 is 11.8. The van der Waals surface area contributed by atoms with Crippen LogP contribution in [0.4, 0.5) is 0 Å². The molecule has 0 heterocycles. The first-order valence-corrected chi connectivity index (χ1v) is 8.21. The van der Waals surface area contributed by atoms with Gasteiger partial charge in [-0.1, -0.05) is 35.3 Å². The molecule has 0 fully saturated rings. The number of halogens is 2. The molecule has 25 heavy (non-hydrogen) atoms. The lowest BCUT2D eigenvalue weighted by molar-refractivity contribution is -0.124. The standard InChI is InChI=1S/C18H17Cl2NO4/c1-11(12-4-3-5-13(19)8-12)21-17(22)10-25-18(23)15-9-14(20)6-7-16(15)24-2/h3-9,11H,10H2,1-2H3,(H,21,22)/t11-/m0/s1. The Labute approximate surface area is 155 Å². The van der Waals surface area contributed by atoms with Gasteiger partial charge in [0.1, 0.15) is 11.3 Å². The Kier molecular flexibility index (Phi) is 6.67. The lowest BCUT2D eigenvalue weighted by Gasteiger charge is -2.15. The summed E-state index contributed by atoms with van der Waals surface area (Å²) in [6.07, 6.45) is 0. The fourth-order valence-electron chi connectivity index (χ4n) is 2.19. The molecular formula is C18H17Cl2NO4. The van der Waals surface area contributed by atoms with E-state index in [1.165, 1.54) is 13.2 Å². The number of rotatable bonds is 6. The van der Waals surface area contributed by atoms with Crippen LogP contribution in [0.2, 0.25) is 10.0 Å². The molecule has 5 nitrogen and oxygen atoms in total. The van der Waals surface area contributed by atoms with Gasteiger partial charge < -0.3 is 14.8 Å². The number of benzene rings is 2. The molecule has 0 spiro atoms. The van der Waals surface area contributed by atoms with Crippen molar-refractivity contribution in [2.24, 2.45) is 0 Å². The summed E-state index contributed by atoms with van der Waals surface area (Å²) in [6.45, 7) is 1.39. The van der Waals surface area contributed by atoms with Crippen LogP contribution in [-0.2, 0) is 9.53 Å². The van der Waals surface area contributed by atoms with Gasteiger partial charge in [-0.3, -0.25) is 4.79 Å². The number of amides is 1. The average Bonchev–Trinajstić information content (AvgIpc) is 2.59. The highest BCUT2D eigenvalue weighted by molar-refractivity contribution is 6.31. The van der Waals surface area contributed by atoms with E-state index in [2.05, 4.69) is 5.32 Å². The minimum Gasteiger partial charge on any atom is -0.496 e. The lowest BCUT2D eigenvalue weighted by atomic mass is 10.1. The van der Waals surface area contributed by atoms with Crippen molar-refractivity contribution in [3.8, 4) is 5.75 Å². The molecule has 2 aromatic carbocycles. The molecule has 0 aromatic heterocycles. The fourth-order valence-corrected chi connectivity index (χ4v) is 2.56. The number of hydrogen-bond acceptors (Lipinski definition) is 4. The summed E-state index contributed by atoms with van der Waals surface area (Å²) in [7, 11) is 1.43. The third-order valence-electron chi connectivity index (χ3n) is 3.44. The second kappa shape index (κ2) is 8.74. The number of carbonyl (C=O) groups is 2. The average molecular weight is 382 g/mol. The molecule has 0 aliphatic carbocycles. The Morgan fingerprint density at radius 2 is 1.84 bits per heavy atom. The Hall–Kier alpha value is -2.24. The number of esters is 1. The molecule has 7 heteroatoms. The van der Waals surface area contributed by atoms with E-state index in [1.54, 1.807) is 30.3 Å². The van der Waals surface area contributed by atoms with Gasteiger partial charge in [-0.25, -0.2) is 4.79 Å². The summed E-state index contributed by atoms with van der Waals surface area (Å²) in [5, 5.41) is 3.69. The Bertz CT molecular complexity index is 779. The summed E-state index contributed by atoms with van der Waals surface area (Å²) in [4.78, 5) is 24.1. The molecule has 0 saturated carbocycles. The quantitative estimate of drug-likeness (QED) is 0.766. The summed E-state index contributed by atoms with van der Waals surface area (Å²) in [5.41, 5.74) is 1.01. The Morgan fingerprint density at radius 1 is 1.12 bits per heavy atom. The van der Waals surface area contributed by atoms with Crippen LogP contribution in [0, 0.1) is 0 Å². The van der Waals surface area contributed by atoms with Crippen LogP contribution >= 0.6 is 23.2 Å². The number of ether oxygens (including phenoxy) is 2. The molecular weight excluding hydrogens is 365 g/mol. The van der Waals surface area contributed by atoms with E-state index in [9.17, 15) is 9.59 Å². The van der Waals surface area contributed by atoms with E-state index in [0.29, 0.717) is 15.8 Å². The van der Waals surface area contributed by atoms with E-state index in [0.717, 1.165) is 5.56 Å². The van der Waals surface area contributed by atoms with E-state index in [-0.39, 0.29) is 11.6 Å². The van der Waals surface area contributed by atoms with Crippen LogP contribution in [0.15, 0.2) is 42.5 Å². The molecule has 1 atom stereocenters. The summed E-state index contributed by atoms with van der Waals surface area (Å²) in [6, 6.07) is 11.5. The smallest absolute Gasteiger partial charge is 0.342 e. The second-order valence-corrected chi connectivity index (χ2v) is 6.14. The van der Waals surface area contributed by atoms with Crippen molar-refractivity contribution in [2.75, 3.05) is 13.7 Å². The lowest BCUT2D eigenvalue weighted by Crippen LogP contribution is -2.31. The van der Waals surface area contributed by atoms with Crippen molar-refractivity contribution in [3.05, 3.63) is 63.6 Å². The van der Waals surface area contributed by atoms with Crippen molar-refractivity contribution >= 4 is 35.1 Å². The molecule has 0 radical (unpaired) electrons. The van der Waals surface area contributed by atoms with Gasteiger partial charge in [0.05, 0.1) is 13.2 Å². The first kappa shape index (κ1) is 19.1. The van der Waals surface area contributed by atoms with Crippen LogP contribution in [0.25, 0.3) is 0 Å². The van der Waals surface area contributed by atoms with Crippen molar-refractivity contribution < 1.29 is 19.1 Å². The molecule has 0 aliphatic heterocycles. The maximum atomic E-state index is 12.1. The molecule has 2 aromatic rings. The monoisotopic (exact) mass is 381 g/mol. The molecule has 0 bridgehead atoms. The number of methoxy groups -OCH3 is 1. The van der Waals surface area contributed by atoms with E-state index in [1.807, 2.05) is 13.0 Å². The Balaban J connectivity index is 1.93. The van der Waals surface area contributed by atoms with Crippen molar-refractivity contribution in [2.45, 2.75) is 13.0 Å². The van der Waals surface area contributed by atoms with Gasteiger partial charge in [0.15, 0.2) is 6.61 Å². The molecule has 0 aliphatic rings. The van der Waals surface area contributed by atoms with Crippen LogP contribution in [0.1, 0.15) is 28.9 Å². The predicted molar refractivity (Wildman–Crippen MR) is 96.3 cm³/mol. The topological polar surface area (TPSA) is 64.6 Å². The third-order valence-corrected chi connectivity index (χ3v) is 3.91. The largest absolute Gasteiger partial charge is 0.496 e. The highest BCUT2D eigenvalue weighted by Gasteiger charge is 2.17. The van der Waals surface area contributed by atoms with Crippen molar-refractivity contribution in [1.29, 1.82) is 0 Å². The molecule has 1 N–H and O–H groups in total. The van der Waals surface area contributed by atoms with Gasteiger partial charge in [-0.2, -0.15) is 0 Å². The molecule has 132 valence electrons. The normalized spacial score (nSPS) is 11.5. The van der Waals surface area contributed by atoms with Crippen LogP contribution in [0.5, 0.6) is 5.75 Å². The number of carbonyl (C=O) groups excluding carboxylic acids is 2. The fraction of sp³-hybridized carbons (Fsp3) is 0.222. The molecule has 0 unspecified atom stereocenters. The zero-order chi connectivity index (χ0) is 18.4. The molecule has 1 amide bonds. The van der Waals surface area contributed by atoms with Crippen LogP contribution in [-0.4, -0.2) is 25.6 Å². The maximum absolute atomic E-state index is 12.1. The number of nitrogens with one attached hydrogen (secondary N) is 1. The van der Waals surface area contributed by atoms with E-state index < -0.39 is 18.5 Å².